The van der Waals surface area contributed by atoms with Gasteiger partial charge in [-0.1, -0.05) is 108 Å². The number of fused-ring (bicyclic) bond motifs is 1. The van der Waals surface area contributed by atoms with Crippen molar-refractivity contribution >= 4 is 83.3 Å². The third-order valence-corrected chi connectivity index (χ3v) is 10.1. The molecule has 2 N–H and O–H groups in total. The van der Waals surface area contributed by atoms with Crippen LogP contribution in [0.1, 0.15) is 36.6 Å². The van der Waals surface area contributed by atoms with Gasteiger partial charge in [-0.15, -0.1) is 11.8 Å². The number of β-lactam (4-membered cyclic amide) rings is 1. The van der Waals surface area contributed by atoms with Crippen LogP contribution in [0.5, 0.6) is 5.75 Å². The molecule has 2 unspecified atom stereocenters. The minimum atomic E-state index is -1.99. The number of hydrogen-bond donors (Lipinski definition) is 2. The third-order valence-electron chi connectivity index (χ3n) is 8.15. The van der Waals surface area contributed by atoms with E-state index in [4.69, 9.17) is 53.9 Å². The fraction of sp³-hybridized carbons (Fsp3) is 0.314. The average Bonchev–Trinajstić information content (AvgIpc) is 3.35. The maximum Gasteiger partial charge on any atom is 0.514 e. The zero-order chi connectivity index (χ0) is 38.4. The Morgan fingerprint density at radius 2 is 1.51 bits per heavy atom. The standard InChI is InChI=1S/C35H33Cl3N4O10S/c1-33(2)28(31(47)49-17-22-9-5-3-6-10-22)42-30(46)27(35(42,53-33)39-20-43)40-29(45)26(41(21-44)51-19-34(36,37)38)24-13-15-25(16-14-24)52-32(48)50-18-23-11-7-4-8-12-23/h3-16,20-21,26-28H,17-19H2,1-2H3,(H,39,43)(H,40,45)/t26?,27-,28+,35?/m1/s1. The Hall–Kier alpha value is -4.54. The first-order valence-electron chi connectivity index (χ1n) is 15.9. The van der Waals surface area contributed by atoms with Crippen LogP contribution in [0.4, 0.5) is 4.79 Å². The summed E-state index contributed by atoms with van der Waals surface area (Å²) in [4.78, 5) is 82.8. The molecule has 5 rings (SSSR count). The highest BCUT2D eigenvalue weighted by atomic mass is 35.6. The lowest BCUT2D eigenvalue weighted by atomic mass is 9.92. The summed E-state index contributed by atoms with van der Waals surface area (Å²) in [6, 6.07) is 19.1. The van der Waals surface area contributed by atoms with E-state index in [-0.39, 0.29) is 30.9 Å². The number of hydroxylamine groups is 2. The van der Waals surface area contributed by atoms with E-state index in [0.717, 1.165) is 22.9 Å². The van der Waals surface area contributed by atoms with Crippen molar-refractivity contribution in [1.82, 2.24) is 20.6 Å². The van der Waals surface area contributed by atoms with Gasteiger partial charge in [0.05, 0.1) is 0 Å². The number of esters is 1. The molecule has 3 aromatic rings. The summed E-state index contributed by atoms with van der Waals surface area (Å²) >= 11 is 18.6. The Morgan fingerprint density at radius 1 is 0.925 bits per heavy atom. The number of amides is 4. The van der Waals surface area contributed by atoms with Gasteiger partial charge >= 0.3 is 12.1 Å². The number of rotatable bonds is 15. The van der Waals surface area contributed by atoms with Crippen LogP contribution < -0.4 is 15.4 Å². The summed E-state index contributed by atoms with van der Waals surface area (Å²) < 4.78 is 13.0. The van der Waals surface area contributed by atoms with E-state index in [1.807, 2.05) is 12.1 Å². The molecule has 2 aliphatic rings. The van der Waals surface area contributed by atoms with Gasteiger partial charge in [0.15, 0.2) is 17.1 Å². The van der Waals surface area contributed by atoms with Crippen LogP contribution in [0.15, 0.2) is 84.9 Å². The Balaban J connectivity index is 1.35. The second-order valence-electron chi connectivity index (χ2n) is 12.3. The van der Waals surface area contributed by atoms with Gasteiger partial charge in [-0.25, -0.2) is 14.7 Å². The van der Waals surface area contributed by atoms with E-state index in [9.17, 15) is 28.8 Å². The molecule has 18 heteroatoms. The molecule has 4 atom stereocenters. The molecule has 2 heterocycles. The normalized spacial score (nSPS) is 20.5. The Kier molecular flexibility index (Phi) is 12.5. The second-order valence-corrected chi connectivity index (χ2v) is 16.7. The zero-order valence-electron chi connectivity index (χ0n) is 28.1. The predicted octanol–water partition coefficient (Wildman–Crippen LogP) is 4.57. The highest BCUT2D eigenvalue weighted by Crippen LogP contribution is 2.57. The van der Waals surface area contributed by atoms with Crippen molar-refractivity contribution in [3.05, 3.63) is 102 Å². The number of ether oxygens (including phenoxy) is 3. The molecule has 53 heavy (non-hydrogen) atoms. The topological polar surface area (TPSA) is 170 Å². The second kappa shape index (κ2) is 16.6. The van der Waals surface area contributed by atoms with E-state index >= 15 is 0 Å². The molecule has 0 radical (unpaired) electrons. The average molecular weight is 808 g/mol. The van der Waals surface area contributed by atoms with Crippen molar-refractivity contribution in [3.63, 3.8) is 0 Å². The minimum Gasteiger partial charge on any atom is -0.459 e. The van der Waals surface area contributed by atoms with Crippen LogP contribution in [0, 0.1) is 0 Å². The van der Waals surface area contributed by atoms with Crippen LogP contribution in [-0.4, -0.2) is 78.9 Å². The Labute approximate surface area is 323 Å². The van der Waals surface area contributed by atoms with Crippen molar-refractivity contribution in [2.75, 3.05) is 6.61 Å². The summed E-state index contributed by atoms with van der Waals surface area (Å²) in [6.07, 6.45) is -0.467. The Morgan fingerprint density at radius 3 is 2.06 bits per heavy atom. The first-order chi connectivity index (χ1) is 25.2. The van der Waals surface area contributed by atoms with Gasteiger partial charge in [-0.3, -0.25) is 28.9 Å². The first kappa shape index (κ1) is 39.7. The number of carbonyl (C=O) groups is 6. The van der Waals surface area contributed by atoms with Crippen molar-refractivity contribution in [2.45, 2.75) is 58.7 Å². The summed E-state index contributed by atoms with van der Waals surface area (Å²) in [5.41, 5.74) is 1.59. The van der Waals surface area contributed by atoms with E-state index in [2.05, 4.69) is 10.6 Å². The number of benzene rings is 3. The smallest absolute Gasteiger partial charge is 0.459 e. The van der Waals surface area contributed by atoms with E-state index < -0.39 is 62.2 Å². The SMILES string of the molecule is CC1(C)SC2(NC=O)[C@H](NC(=O)C(c3ccc(OC(=O)OCc4ccccc4)cc3)N(C=O)OCC(Cl)(Cl)Cl)C(=O)N2[C@H]1C(=O)OCc1ccccc1. The lowest BCUT2D eigenvalue weighted by Gasteiger charge is -2.53. The summed E-state index contributed by atoms with van der Waals surface area (Å²) in [6.45, 7) is 2.67. The molecule has 2 aliphatic heterocycles. The largest absolute Gasteiger partial charge is 0.514 e. The molecule has 3 aromatic carbocycles. The quantitative estimate of drug-likeness (QED) is 0.0551. The highest BCUT2D eigenvalue weighted by Gasteiger charge is 2.74. The number of carbonyl (C=O) groups excluding carboxylic acids is 6. The van der Waals surface area contributed by atoms with Gasteiger partial charge in [0, 0.05) is 4.75 Å². The van der Waals surface area contributed by atoms with E-state index in [1.165, 1.54) is 29.2 Å². The fourth-order valence-corrected chi connectivity index (χ4v) is 7.81. The first-order valence-corrected chi connectivity index (χ1v) is 17.8. The molecule has 0 aromatic heterocycles. The van der Waals surface area contributed by atoms with Crippen molar-refractivity contribution in [1.29, 1.82) is 0 Å². The molecule has 0 spiro atoms. The Bertz CT molecular complexity index is 1820. The molecule has 280 valence electrons. The third kappa shape index (κ3) is 9.16. The van der Waals surface area contributed by atoms with Crippen molar-refractivity contribution < 1.29 is 47.8 Å². The monoisotopic (exact) mass is 806 g/mol. The number of hydrogen-bond acceptors (Lipinski definition) is 11. The predicted molar refractivity (Wildman–Crippen MR) is 193 cm³/mol. The number of nitrogens with one attached hydrogen (secondary N) is 2. The molecule has 0 bridgehead atoms. The molecule has 14 nitrogen and oxygen atoms in total. The van der Waals surface area contributed by atoms with E-state index in [0.29, 0.717) is 11.5 Å². The molecule has 2 fully saturated rings. The number of thioether (sulfide) groups is 1. The molecule has 2 saturated heterocycles. The highest BCUT2D eigenvalue weighted by molar-refractivity contribution is 8.02. The van der Waals surface area contributed by atoms with Crippen molar-refractivity contribution in [3.8, 4) is 5.75 Å². The van der Waals surface area contributed by atoms with Crippen LogP contribution >= 0.6 is 46.6 Å². The zero-order valence-corrected chi connectivity index (χ0v) is 31.2. The van der Waals surface area contributed by atoms with Gasteiger partial charge in [0.25, 0.3) is 11.8 Å². The van der Waals surface area contributed by atoms with E-state index in [1.54, 1.807) is 62.4 Å². The number of halogens is 3. The van der Waals surface area contributed by atoms with Gasteiger partial charge < -0.3 is 24.8 Å². The van der Waals surface area contributed by atoms with Gasteiger partial charge in [-0.2, -0.15) is 0 Å². The minimum absolute atomic E-state index is 0.0301. The van der Waals surface area contributed by atoms with Crippen LogP contribution in [-0.2, 0) is 51.5 Å². The summed E-state index contributed by atoms with van der Waals surface area (Å²) in [5, 5.41) is 5.79. The molecule has 4 amide bonds. The van der Waals surface area contributed by atoms with Gasteiger partial charge in [0.1, 0.15) is 31.6 Å². The summed E-state index contributed by atoms with van der Waals surface area (Å²) in [5.74, 6) is -2.32. The van der Waals surface area contributed by atoms with Crippen LogP contribution in [0.2, 0.25) is 0 Å². The lowest BCUT2D eigenvalue weighted by molar-refractivity contribution is -0.192. The molecule has 0 saturated carbocycles. The maximum atomic E-state index is 14.1. The van der Waals surface area contributed by atoms with Crippen LogP contribution in [0.25, 0.3) is 0 Å². The molecular formula is C35H33Cl3N4O10S. The lowest BCUT2D eigenvalue weighted by Crippen LogP contribution is -2.82. The summed E-state index contributed by atoms with van der Waals surface area (Å²) in [7, 11) is 0. The fourth-order valence-electron chi connectivity index (χ4n) is 5.87. The number of alkyl halides is 3. The maximum absolute atomic E-state index is 14.1. The van der Waals surface area contributed by atoms with Gasteiger partial charge in [0.2, 0.25) is 16.6 Å². The molecule has 0 aliphatic carbocycles. The number of nitrogens with zero attached hydrogens (tertiary/aromatic N) is 2. The van der Waals surface area contributed by atoms with Gasteiger partial charge in [-0.05, 0) is 42.7 Å². The molecular weight excluding hydrogens is 775 g/mol. The van der Waals surface area contributed by atoms with Crippen molar-refractivity contribution in [2.24, 2.45) is 0 Å². The van der Waals surface area contributed by atoms with Crippen LogP contribution in [0.3, 0.4) is 0 Å².